The van der Waals surface area contributed by atoms with Gasteiger partial charge >= 0.3 is 0 Å². The molecule has 1 N–H and O–H groups in total. The first-order valence-corrected chi connectivity index (χ1v) is 9.36. The number of nitrogens with one attached hydrogen (secondary N) is 1. The van der Waals surface area contributed by atoms with E-state index >= 15 is 0 Å². The lowest BCUT2D eigenvalue weighted by Gasteiger charge is -2.08. The number of hydrogen-bond acceptors (Lipinski definition) is 6. The number of hydrogen-bond donors (Lipinski definition) is 1. The van der Waals surface area contributed by atoms with Gasteiger partial charge in [-0.25, -0.2) is 4.98 Å². The smallest absolute Gasteiger partial charge is 0.135 e. The number of nitrogens with zero attached hydrogens (tertiary/aromatic N) is 2. The average molecular weight is 377 g/mol. The minimum atomic E-state index is 0.503. The van der Waals surface area contributed by atoms with Gasteiger partial charge in [-0.15, -0.1) is 11.3 Å². The maximum atomic E-state index is 9.31. The van der Waals surface area contributed by atoms with E-state index in [9.17, 15) is 5.26 Å². The molecule has 0 radical (unpaired) electrons. The maximum Gasteiger partial charge on any atom is 0.135 e. The molecule has 0 spiro atoms. The lowest BCUT2D eigenvalue weighted by atomic mass is 10.3. The lowest BCUT2D eigenvalue weighted by molar-refractivity contribution is 0.339. The number of aryl methyl sites for hydroxylation is 1. The fourth-order valence-electron chi connectivity index (χ4n) is 2.30. The molecule has 1 heterocycles. The Morgan fingerprint density at radius 3 is 2.30 bits per heavy atom. The summed E-state index contributed by atoms with van der Waals surface area (Å²) in [6, 6.07) is 17.2. The van der Waals surface area contributed by atoms with Gasteiger partial charge in [0, 0.05) is 23.0 Å². The fraction of sp³-hybridized carbons (Fsp3) is 0.143. The largest absolute Gasteiger partial charge is 0.494 e. The van der Waals surface area contributed by atoms with Gasteiger partial charge < -0.3 is 14.8 Å². The second kappa shape index (κ2) is 8.88. The summed E-state index contributed by atoms with van der Waals surface area (Å²) in [7, 11) is 0. The summed E-state index contributed by atoms with van der Waals surface area (Å²) in [4.78, 5) is 4.33. The van der Waals surface area contributed by atoms with Crippen molar-refractivity contribution in [2.24, 2.45) is 0 Å². The quantitative estimate of drug-likeness (QED) is 0.541. The van der Waals surface area contributed by atoms with E-state index < -0.39 is 0 Å². The Bertz CT molecular complexity index is 954. The average Bonchev–Trinajstić information content (AvgIpc) is 3.11. The molecule has 1 aromatic heterocycles. The first kappa shape index (κ1) is 18.5. The van der Waals surface area contributed by atoms with Crippen LogP contribution in [0.4, 0.5) is 5.69 Å². The van der Waals surface area contributed by atoms with E-state index in [-0.39, 0.29) is 0 Å². The summed E-state index contributed by atoms with van der Waals surface area (Å²) in [6.45, 7) is 4.50. The number of thiazole rings is 1. The van der Waals surface area contributed by atoms with Gasteiger partial charge in [0.1, 0.15) is 33.9 Å². The van der Waals surface area contributed by atoms with Gasteiger partial charge in [-0.1, -0.05) is 0 Å². The van der Waals surface area contributed by atoms with E-state index in [0.717, 1.165) is 28.6 Å². The molecule has 0 amide bonds. The summed E-state index contributed by atoms with van der Waals surface area (Å²) in [6.07, 6.45) is 1.67. The van der Waals surface area contributed by atoms with Crippen molar-refractivity contribution >= 4 is 22.6 Å². The van der Waals surface area contributed by atoms with Crippen LogP contribution in [-0.2, 0) is 0 Å². The molecule has 0 aliphatic carbocycles. The van der Waals surface area contributed by atoms with Gasteiger partial charge in [-0.3, -0.25) is 0 Å². The third-order valence-electron chi connectivity index (χ3n) is 3.58. The standard InChI is InChI=1S/C21H19N3O2S/c1-3-25-18-8-10-20(11-9-18)26-19-6-4-17(5-7-19)23-13-16(12-22)21-24-15(2)14-27-21/h4-11,13-14,23H,3H2,1-2H3/b16-13+. The Labute approximate surface area is 162 Å². The molecular weight excluding hydrogens is 358 g/mol. The van der Waals surface area contributed by atoms with Gasteiger partial charge in [0.05, 0.1) is 6.61 Å². The highest BCUT2D eigenvalue weighted by atomic mass is 32.1. The predicted molar refractivity (Wildman–Crippen MR) is 108 cm³/mol. The van der Waals surface area contributed by atoms with Crippen molar-refractivity contribution in [2.75, 3.05) is 11.9 Å². The zero-order valence-corrected chi connectivity index (χ0v) is 15.9. The summed E-state index contributed by atoms with van der Waals surface area (Å²) in [5, 5.41) is 15.1. The number of rotatable bonds is 7. The molecule has 0 saturated carbocycles. The van der Waals surface area contributed by atoms with Gasteiger partial charge in [-0.2, -0.15) is 5.26 Å². The molecule has 0 aliphatic heterocycles. The van der Waals surface area contributed by atoms with Crippen molar-refractivity contribution in [3.8, 4) is 23.3 Å². The van der Waals surface area contributed by atoms with E-state index in [1.165, 1.54) is 11.3 Å². The SMILES string of the molecule is CCOc1ccc(Oc2ccc(N/C=C(\C#N)c3nc(C)cs3)cc2)cc1. The fourth-order valence-corrected chi connectivity index (χ4v) is 3.06. The summed E-state index contributed by atoms with van der Waals surface area (Å²) < 4.78 is 11.2. The number of aromatic nitrogens is 1. The van der Waals surface area contributed by atoms with Gasteiger partial charge in [0.25, 0.3) is 0 Å². The second-order valence-corrected chi connectivity index (χ2v) is 6.50. The van der Waals surface area contributed by atoms with Crippen molar-refractivity contribution in [2.45, 2.75) is 13.8 Å². The van der Waals surface area contributed by atoms with Crippen LogP contribution in [-0.4, -0.2) is 11.6 Å². The van der Waals surface area contributed by atoms with Crippen LogP contribution in [0.25, 0.3) is 5.57 Å². The normalized spacial score (nSPS) is 10.9. The molecule has 0 fully saturated rings. The molecule has 3 aromatic rings. The van der Waals surface area contributed by atoms with E-state index in [0.29, 0.717) is 17.2 Å². The Kier molecular flexibility index (Phi) is 6.08. The Morgan fingerprint density at radius 1 is 1.11 bits per heavy atom. The number of nitriles is 1. The highest BCUT2D eigenvalue weighted by Crippen LogP contribution is 2.25. The zero-order valence-electron chi connectivity index (χ0n) is 15.1. The van der Waals surface area contributed by atoms with Crippen LogP contribution >= 0.6 is 11.3 Å². The van der Waals surface area contributed by atoms with Crippen LogP contribution in [0.1, 0.15) is 17.6 Å². The summed E-state index contributed by atoms with van der Waals surface area (Å²) >= 11 is 1.45. The van der Waals surface area contributed by atoms with Crippen LogP contribution < -0.4 is 14.8 Å². The van der Waals surface area contributed by atoms with Gasteiger partial charge in [0.2, 0.25) is 0 Å². The Hall–Kier alpha value is -3.30. The molecule has 2 aromatic carbocycles. The molecule has 3 rings (SSSR count). The molecule has 0 saturated heterocycles. The van der Waals surface area contributed by atoms with E-state index in [1.54, 1.807) is 6.20 Å². The minimum absolute atomic E-state index is 0.503. The predicted octanol–water partition coefficient (Wildman–Crippen LogP) is 5.62. The molecule has 136 valence electrons. The van der Waals surface area contributed by atoms with Crippen LogP contribution in [0.15, 0.2) is 60.1 Å². The second-order valence-electron chi connectivity index (χ2n) is 5.64. The molecule has 0 atom stereocenters. The highest BCUT2D eigenvalue weighted by molar-refractivity contribution is 7.10. The van der Waals surface area contributed by atoms with Crippen LogP contribution in [0.5, 0.6) is 17.2 Å². The van der Waals surface area contributed by atoms with Gasteiger partial charge in [0.15, 0.2) is 0 Å². The van der Waals surface area contributed by atoms with E-state index in [4.69, 9.17) is 9.47 Å². The summed E-state index contributed by atoms with van der Waals surface area (Å²) in [5.74, 6) is 2.29. The Balaban J connectivity index is 1.63. The number of benzene rings is 2. The molecule has 6 heteroatoms. The highest BCUT2D eigenvalue weighted by Gasteiger charge is 2.05. The third-order valence-corrected chi connectivity index (χ3v) is 4.57. The van der Waals surface area contributed by atoms with Crippen molar-refractivity contribution in [1.82, 2.24) is 4.98 Å². The molecule has 0 unspecified atom stereocenters. The molecule has 5 nitrogen and oxygen atoms in total. The molecule has 27 heavy (non-hydrogen) atoms. The first-order chi connectivity index (χ1) is 13.2. The van der Waals surface area contributed by atoms with Crippen LogP contribution in [0.3, 0.4) is 0 Å². The summed E-state index contributed by atoms with van der Waals surface area (Å²) in [5.41, 5.74) is 2.27. The lowest BCUT2D eigenvalue weighted by Crippen LogP contribution is -1.92. The van der Waals surface area contributed by atoms with Crippen LogP contribution in [0, 0.1) is 18.3 Å². The number of ether oxygens (including phenoxy) is 2. The molecule has 0 bridgehead atoms. The Morgan fingerprint density at radius 2 is 1.74 bits per heavy atom. The van der Waals surface area contributed by atoms with Crippen LogP contribution in [0.2, 0.25) is 0 Å². The van der Waals surface area contributed by atoms with E-state index in [1.807, 2.05) is 67.8 Å². The molecule has 0 aliphatic rings. The molecular formula is C21H19N3O2S. The van der Waals surface area contributed by atoms with Gasteiger partial charge in [-0.05, 0) is 62.4 Å². The van der Waals surface area contributed by atoms with E-state index in [2.05, 4.69) is 16.4 Å². The number of allylic oxidation sites excluding steroid dienone is 1. The van der Waals surface area contributed by atoms with Crippen molar-refractivity contribution in [1.29, 1.82) is 5.26 Å². The monoisotopic (exact) mass is 377 g/mol. The first-order valence-electron chi connectivity index (χ1n) is 8.48. The zero-order chi connectivity index (χ0) is 19.1. The van der Waals surface area contributed by atoms with Crippen molar-refractivity contribution < 1.29 is 9.47 Å². The third kappa shape index (κ3) is 5.09. The topological polar surface area (TPSA) is 67.2 Å². The maximum absolute atomic E-state index is 9.31. The van der Waals surface area contributed by atoms with Crippen molar-refractivity contribution in [3.63, 3.8) is 0 Å². The van der Waals surface area contributed by atoms with Crippen molar-refractivity contribution in [3.05, 3.63) is 70.8 Å². The number of anilines is 1. The minimum Gasteiger partial charge on any atom is -0.494 e.